The molecule has 2 unspecified atom stereocenters. The van der Waals surface area contributed by atoms with Gasteiger partial charge in [-0.3, -0.25) is 0 Å². The molecule has 2 rings (SSSR count). The van der Waals surface area contributed by atoms with Gasteiger partial charge in [0.2, 0.25) is 0 Å². The molecule has 1 heterocycles. The maximum atomic E-state index is 6.19. The predicted octanol–water partition coefficient (Wildman–Crippen LogP) is 3.44. The zero-order chi connectivity index (χ0) is 13.8. The summed E-state index contributed by atoms with van der Waals surface area (Å²) >= 11 is 12.2. The lowest BCUT2D eigenvalue weighted by Gasteiger charge is -2.16. The fraction of sp³-hybridized carbons (Fsp3) is 0.571. The second-order valence-electron chi connectivity index (χ2n) is 4.87. The highest BCUT2D eigenvalue weighted by Crippen LogP contribution is 2.33. The topological polar surface area (TPSA) is 44.5 Å². The van der Waals surface area contributed by atoms with Crippen molar-refractivity contribution in [2.75, 3.05) is 13.2 Å². The monoisotopic (exact) mass is 303 g/mol. The van der Waals surface area contributed by atoms with Crippen LogP contribution in [0.5, 0.6) is 5.75 Å². The molecule has 3 nitrogen and oxygen atoms in total. The van der Waals surface area contributed by atoms with Gasteiger partial charge in [0.1, 0.15) is 12.4 Å². The SMILES string of the molecule is CC1CCC(COc2c(Cl)cc(Cl)cc2CCN)O1. The molecule has 0 saturated carbocycles. The molecule has 1 aliphatic rings. The summed E-state index contributed by atoms with van der Waals surface area (Å²) in [4.78, 5) is 0. The molecule has 106 valence electrons. The van der Waals surface area contributed by atoms with Gasteiger partial charge < -0.3 is 15.2 Å². The van der Waals surface area contributed by atoms with Crippen LogP contribution in [0.25, 0.3) is 0 Å². The van der Waals surface area contributed by atoms with E-state index in [2.05, 4.69) is 6.92 Å². The Labute approximate surface area is 124 Å². The highest BCUT2D eigenvalue weighted by Gasteiger charge is 2.23. The number of hydrogen-bond donors (Lipinski definition) is 1. The van der Waals surface area contributed by atoms with Crippen molar-refractivity contribution < 1.29 is 9.47 Å². The van der Waals surface area contributed by atoms with Crippen LogP contribution in [0.15, 0.2) is 12.1 Å². The van der Waals surface area contributed by atoms with E-state index in [0.29, 0.717) is 41.5 Å². The lowest BCUT2D eigenvalue weighted by molar-refractivity contribution is 0.0263. The molecule has 0 radical (unpaired) electrons. The molecule has 1 aromatic carbocycles. The van der Waals surface area contributed by atoms with Gasteiger partial charge in [-0.25, -0.2) is 0 Å². The van der Waals surface area contributed by atoms with Crippen LogP contribution in [0.1, 0.15) is 25.3 Å². The van der Waals surface area contributed by atoms with Gasteiger partial charge >= 0.3 is 0 Å². The van der Waals surface area contributed by atoms with Crippen molar-refractivity contribution in [3.63, 3.8) is 0 Å². The molecule has 1 saturated heterocycles. The Bertz CT molecular complexity index is 440. The second kappa shape index (κ2) is 6.80. The molecular weight excluding hydrogens is 285 g/mol. The quantitative estimate of drug-likeness (QED) is 0.906. The van der Waals surface area contributed by atoms with Crippen LogP contribution in [-0.2, 0) is 11.2 Å². The lowest BCUT2D eigenvalue weighted by Crippen LogP contribution is -2.18. The molecule has 5 heteroatoms. The van der Waals surface area contributed by atoms with Crippen LogP contribution < -0.4 is 10.5 Å². The summed E-state index contributed by atoms with van der Waals surface area (Å²) in [6.07, 6.45) is 3.26. The van der Waals surface area contributed by atoms with E-state index in [9.17, 15) is 0 Å². The molecule has 2 atom stereocenters. The van der Waals surface area contributed by atoms with E-state index in [1.807, 2.05) is 6.07 Å². The minimum Gasteiger partial charge on any atom is -0.489 e. The van der Waals surface area contributed by atoms with E-state index in [4.69, 9.17) is 38.4 Å². The number of benzene rings is 1. The second-order valence-corrected chi connectivity index (χ2v) is 5.72. The summed E-state index contributed by atoms with van der Waals surface area (Å²) < 4.78 is 11.6. The van der Waals surface area contributed by atoms with E-state index in [1.54, 1.807) is 6.07 Å². The third-order valence-corrected chi connectivity index (χ3v) is 3.73. The molecule has 0 aromatic heterocycles. The Morgan fingerprint density at radius 3 is 2.79 bits per heavy atom. The van der Waals surface area contributed by atoms with Crippen LogP contribution in [-0.4, -0.2) is 25.4 Å². The van der Waals surface area contributed by atoms with Crippen LogP contribution in [0.3, 0.4) is 0 Å². The summed E-state index contributed by atoms with van der Waals surface area (Å²) in [5.74, 6) is 0.680. The molecule has 2 N–H and O–H groups in total. The molecule has 0 amide bonds. The number of rotatable bonds is 5. The van der Waals surface area contributed by atoms with E-state index in [-0.39, 0.29) is 6.10 Å². The van der Waals surface area contributed by atoms with E-state index < -0.39 is 0 Å². The molecule has 0 spiro atoms. The van der Waals surface area contributed by atoms with Crippen molar-refractivity contribution in [2.45, 2.75) is 38.4 Å². The zero-order valence-electron chi connectivity index (χ0n) is 11.0. The van der Waals surface area contributed by atoms with Crippen LogP contribution in [0.2, 0.25) is 10.0 Å². The molecule has 0 bridgehead atoms. The van der Waals surface area contributed by atoms with Gasteiger partial charge in [0.15, 0.2) is 0 Å². The summed E-state index contributed by atoms with van der Waals surface area (Å²) in [6.45, 7) is 3.13. The van der Waals surface area contributed by atoms with E-state index in [1.165, 1.54) is 0 Å². The molecule has 1 fully saturated rings. The number of hydrogen-bond acceptors (Lipinski definition) is 3. The van der Waals surface area contributed by atoms with Gasteiger partial charge in [0, 0.05) is 5.02 Å². The molecule has 19 heavy (non-hydrogen) atoms. The number of ether oxygens (including phenoxy) is 2. The van der Waals surface area contributed by atoms with Gasteiger partial charge in [0.05, 0.1) is 17.2 Å². The highest BCUT2D eigenvalue weighted by molar-refractivity contribution is 6.35. The first-order valence-corrected chi connectivity index (χ1v) is 7.32. The summed E-state index contributed by atoms with van der Waals surface area (Å²) in [5, 5.41) is 1.13. The molecular formula is C14H19Cl2NO2. The van der Waals surface area contributed by atoms with Crippen molar-refractivity contribution in [1.82, 2.24) is 0 Å². The van der Waals surface area contributed by atoms with Gasteiger partial charge in [-0.15, -0.1) is 0 Å². The Morgan fingerprint density at radius 1 is 1.37 bits per heavy atom. The standard InChI is InChI=1S/C14H19Cl2NO2/c1-9-2-3-12(19-9)8-18-14-10(4-5-17)6-11(15)7-13(14)16/h6-7,9,12H,2-5,8,17H2,1H3. The van der Waals surface area contributed by atoms with Gasteiger partial charge in [-0.1, -0.05) is 23.2 Å². The summed E-state index contributed by atoms with van der Waals surface area (Å²) in [6, 6.07) is 3.55. The van der Waals surface area contributed by atoms with Crippen molar-refractivity contribution in [3.05, 3.63) is 27.7 Å². The largest absolute Gasteiger partial charge is 0.489 e. The highest BCUT2D eigenvalue weighted by atomic mass is 35.5. The summed E-state index contributed by atoms with van der Waals surface area (Å²) in [7, 11) is 0. The Balaban J connectivity index is 2.05. The minimum absolute atomic E-state index is 0.146. The first-order valence-electron chi connectivity index (χ1n) is 6.56. The first kappa shape index (κ1) is 14.9. The number of nitrogens with two attached hydrogens (primary N) is 1. The third kappa shape index (κ3) is 3.99. The van der Waals surface area contributed by atoms with Crippen molar-refractivity contribution in [3.8, 4) is 5.75 Å². The Morgan fingerprint density at radius 2 is 2.16 bits per heavy atom. The zero-order valence-corrected chi connectivity index (χ0v) is 12.5. The van der Waals surface area contributed by atoms with Crippen molar-refractivity contribution in [2.24, 2.45) is 5.73 Å². The normalized spacial score (nSPS) is 22.7. The van der Waals surface area contributed by atoms with Crippen molar-refractivity contribution in [1.29, 1.82) is 0 Å². The maximum Gasteiger partial charge on any atom is 0.141 e. The van der Waals surface area contributed by atoms with Gasteiger partial charge in [-0.2, -0.15) is 0 Å². The van der Waals surface area contributed by atoms with Crippen LogP contribution in [0.4, 0.5) is 0 Å². The lowest BCUT2D eigenvalue weighted by atomic mass is 10.1. The summed E-state index contributed by atoms with van der Waals surface area (Å²) in [5.41, 5.74) is 6.55. The first-order chi connectivity index (χ1) is 9.10. The fourth-order valence-electron chi connectivity index (χ4n) is 2.30. The average Bonchev–Trinajstić information content (AvgIpc) is 2.74. The minimum atomic E-state index is 0.146. The maximum absolute atomic E-state index is 6.19. The van der Waals surface area contributed by atoms with E-state index >= 15 is 0 Å². The fourth-order valence-corrected chi connectivity index (χ4v) is 2.89. The van der Waals surface area contributed by atoms with Crippen LogP contribution >= 0.6 is 23.2 Å². The Kier molecular flexibility index (Phi) is 5.34. The molecule has 0 aliphatic carbocycles. The molecule has 1 aromatic rings. The molecule has 1 aliphatic heterocycles. The number of halogens is 2. The van der Waals surface area contributed by atoms with Gasteiger partial charge in [0.25, 0.3) is 0 Å². The van der Waals surface area contributed by atoms with E-state index in [0.717, 1.165) is 18.4 Å². The predicted molar refractivity (Wildman–Crippen MR) is 78.3 cm³/mol. The smallest absolute Gasteiger partial charge is 0.141 e. The van der Waals surface area contributed by atoms with Crippen LogP contribution in [0, 0.1) is 0 Å². The van der Waals surface area contributed by atoms with Crippen molar-refractivity contribution >= 4 is 23.2 Å². The average molecular weight is 304 g/mol. The van der Waals surface area contributed by atoms with Gasteiger partial charge in [-0.05, 0) is 50.4 Å². The Hall–Kier alpha value is -0.480. The third-order valence-electron chi connectivity index (χ3n) is 3.23.